The molecule has 0 atom stereocenters. The minimum Gasteiger partial charge on any atom is -0.493 e. The Hall–Kier alpha value is -3.60. The van der Waals surface area contributed by atoms with Gasteiger partial charge in [-0.2, -0.15) is 0 Å². The van der Waals surface area contributed by atoms with E-state index in [9.17, 15) is 4.79 Å². The Labute approximate surface area is 202 Å². The number of aryl methyl sites for hydroxylation is 1. The van der Waals surface area contributed by atoms with Crippen LogP contribution in [0.5, 0.6) is 11.5 Å². The van der Waals surface area contributed by atoms with E-state index in [2.05, 4.69) is 24.0 Å². The highest BCUT2D eigenvalue weighted by Gasteiger charge is 2.18. The number of benzene rings is 3. The second-order valence-electron chi connectivity index (χ2n) is 8.53. The Morgan fingerprint density at radius 1 is 0.912 bits per heavy atom. The number of likely N-dealkylation sites (tertiary alicyclic amines) is 1. The summed E-state index contributed by atoms with van der Waals surface area (Å²) in [6.07, 6.45) is 6.24. The van der Waals surface area contributed by atoms with E-state index in [1.165, 1.54) is 12.0 Å². The van der Waals surface area contributed by atoms with Gasteiger partial charge >= 0.3 is 0 Å². The predicted molar refractivity (Wildman–Crippen MR) is 137 cm³/mol. The molecule has 1 fully saturated rings. The molecule has 3 aromatic carbocycles. The summed E-state index contributed by atoms with van der Waals surface area (Å²) in [6.45, 7) is 4.25. The molecule has 0 saturated carbocycles. The monoisotopic (exact) mass is 456 g/mol. The lowest BCUT2D eigenvalue weighted by atomic mass is 10.1. The zero-order valence-corrected chi connectivity index (χ0v) is 20.0. The minimum atomic E-state index is 0.118. The van der Waals surface area contributed by atoms with Gasteiger partial charge in [-0.05, 0) is 84.8 Å². The number of carbonyl (C=O) groups is 1. The smallest absolute Gasteiger partial charge is 0.253 e. The molecular weight excluding hydrogens is 424 g/mol. The molecule has 0 N–H and O–H groups in total. The number of amides is 1. The standard InChI is InChI=1S/C29H32N2O3/c1-3-22-9-14-26(15-10-22)30-20-24-11-16-27(28(19-24)33-2)34-21-23-7-12-25(13-8-23)29(32)31-17-5-4-6-18-31/h7-16,19-20H,3-6,17-18,21H2,1-2H3. The maximum absolute atomic E-state index is 12.6. The fourth-order valence-corrected chi connectivity index (χ4v) is 4.03. The lowest BCUT2D eigenvalue weighted by Gasteiger charge is -2.26. The average molecular weight is 457 g/mol. The number of hydrogen-bond donors (Lipinski definition) is 0. The Morgan fingerprint density at radius 3 is 2.29 bits per heavy atom. The second kappa shape index (κ2) is 11.5. The van der Waals surface area contributed by atoms with Gasteiger partial charge in [0.2, 0.25) is 0 Å². The predicted octanol–water partition coefficient (Wildman–Crippen LogP) is 6.21. The van der Waals surface area contributed by atoms with Crippen molar-refractivity contribution in [1.82, 2.24) is 4.90 Å². The van der Waals surface area contributed by atoms with Gasteiger partial charge in [0.25, 0.3) is 5.91 Å². The van der Waals surface area contributed by atoms with Gasteiger partial charge < -0.3 is 14.4 Å². The van der Waals surface area contributed by atoms with Crippen molar-refractivity contribution in [2.24, 2.45) is 4.99 Å². The molecule has 1 aliphatic rings. The summed E-state index contributed by atoms with van der Waals surface area (Å²) in [7, 11) is 1.63. The molecule has 5 heteroatoms. The van der Waals surface area contributed by atoms with E-state index in [-0.39, 0.29) is 5.91 Å². The van der Waals surface area contributed by atoms with E-state index in [0.717, 1.165) is 54.7 Å². The van der Waals surface area contributed by atoms with E-state index in [0.29, 0.717) is 18.1 Å². The summed E-state index contributed by atoms with van der Waals surface area (Å²) in [5.74, 6) is 1.44. The van der Waals surface area contributed by atoms with E-state index in [1.807, 2.05) is 65.7 Å². The van der Waals surface area contributed by atoms with Crippen molar-refractivity contribution in [1.29, 1.82) is 0 Å². The van der Waals surface area contributed by atoms with Crippen molar-refractivity contribution in [2.45, 2.75) is 39.2 Å². The van der Waals surface area contributed by atoms with Crippen molar-refractivity contribution in [3.63, 3.8) is 0 Å². The molecule has 0 bridgehead atoms. The molecule has 0 unspecified atom stereocenters. The summed E-state index contributed by atoms with van der Waals surface area (Å²) in [5, 5.41) is 0. The Morgan fingerprint density at radius 2 is 1.62 bits per heavy atom. The Bertz CT molecular complexity index is 1120. The SMILES string of the molecule is CCc1ccc(N=Cc2ccc(OCc3ccc(C(=O)N4CCCCC4)cc3)c(OC)c2)cc1. The lowest BCUT2D eigenvalue weighted by molar-refractivity contribution is 0.0724. The quantitative estimate of drug-likeness (QED) is 0.379. The molecule has 1 amide bonds. The molecular formula is C29H32N2O3. The van der Waals surface area contributed by atoms with Crippen molar-refractivity contribution >= 4 is 17.8 Å². The normalized spacial score (nSPS) is 13.8. The molecule has 3 aromatic rings. The topological polar surface area (TPSA) is 51.1 Å². The summed E-state index contributed by atoms with van der Waals surface area (Å²) in [5.41, 5.74) is 4.88. The van der Waals surface area contributed by atoms with E-state index < -0.39 is 0 Å². The molecule has 1 heterocycles. The summed E-state index contributed by atoms with van der Waals surface area (Å²) in [6, 6.07) is 21.7. The third kappa shape index (κ3) is 6.04. The fourth-order valence-electron chi connectivity index (χ4n) is 4.03. The van der Waals surface area contributed by atoms with Gasteiger partial charge in [-0.1, -0.05) is 31.2 Å². The highest BCUT2D eigenvalue weighted by atomic mass is 16.5. The van der Waals surface area contributed by atoms with Gasteiger partial charge in [-0.25, -0.2) is 0 Å². The second-order valence-corrected chi connectivity index (χ2v) is 8.53. The van der Waals surface area contributed by atoms with Gasteiger partial charge in [-0.15, -0.1) is 0 Å². The molecule has 0 spiro atoms. The molecule has 4 rings (SSSR count). The van der Waals surface area contributed by atoms with Crippen molar-refractivity contribution in [2.75, 3.05) is 20.2 Å². The van der Waals surface area contributed by atoms with Gasteiger partial charge in [-0.3, -0.25) is 9.79 Å². The van der Waals surface area contributed by atoms with Gasteiger partial charge in [0.15, 0.2) is 11.5 Å². The first-order chi connectivity index (χ1) is 16.7. The van der Waals surface area contributed by atoms with Crippen LogP contribution in [-0.2, 0) is 13.0 Å². The van der Waals surface area contributed by atoms with Gasteiger partial charge in [0, 0.05) is 24.9 Å². The molecule has 0 aliphatic carbocycles. The first-order valence-electron chi connectivity index (χ1n) is 12.0. The van der Waals surface area contributed by atoms with E-state index in [4.69, 9.17) is 9.47 Å². The van der Waals surface area contributed by atoms with Crippen LogP contribution >= 0.6 is 0 Å². The molecule has 34 heavy (non-hydrogen) atoms. The molecule has 0 radical (unpaired) electrons. The zero-order chi connectivity index (χ0) is 23.8. The largest absolute Gasteiger partial charge is 0.493 e. The van der Waals surface area contributed by atoms with Crippen LogP contribution in [0, 0.1) is 0 Å². The molecule has 0 aromatic heterocycles. The zero-order valence-electron chi connectivity index (χ0n) is 20.0. The summed E-state index contributed by atoms with van der Waals surface area (Å²) in [4.78, 5) is 19.1. The van der Waals surface area contributed by atoms with Gasteiger partial charge in [0.05, 0.1) is 12.8 Å². The van der Waals surface area contributed by atoms with Crippen LogP contribution in [0.25, 0.3) is 0 Å². The first-order valence-corrected chi connectivity index (χ1v) is 12.0. The van der Waals surface area contributed by atoms with Crippen LogP contribution in [0.1, 0.15) is 53.2 Å². The maximum atomic E-state index is 12.6. The Kier molecular flexibility index (Phi) is 7.97. The van der Waals surface area contributed by atoms with Crippen molar-refractivity contribution in [3.8, 4) is 11.5 Å². The number of rotatable bonds is 8. The van der Waals surface area contributed by atoms with Crippen LogP contribution in [0.4, 0.5) is 5.69 Å². The number of ether oxygens (including phenoxy) is 2. The number of carbonyl (C=O) groups excluding carboxylic acids is 1. The number of aliphatic imine (C=N–C) groups is 1. The highest BCUT2D eigenvalue weighted by molar-refractivity contribution is 5.94. The maximum Gasteiger partial charge on any atom is 0.253 e. The number of hydrogen-bond acceptors (Lipinski definition) is 4. The number of nitrogens with zero attached hydrogens (tertiary/aromatic N) is 2. The average Bonchev–Trinajstić information content (AvgIpc) is 2.91. The van der Waals surface area contributed by atoms with Crippen LogP contribution in [0.2, 0.25) is 0 Å². The van der Waals surface area contributed by atoms with Gasteiger partial charge in [0.1, 0.15) is 6.61 Å². The highest BCUT2D eigenvalue weighted by Crippen LogP contribution is 2.29. The van der Waals surface area contributed by atoms with E-state index >= 15 is 0 Å². The van der Waals surface area contributed by atoms with Crippen LogP contribution < -0.4 is 9.47 Å². The number of methoxy groups -OCH3 is 1. The van der Waals surface area contributed by atoms with Crippen LogP contribution in [-0.4, -0.2) is 37.2 Å². The Balaban J connectivity index is 1.36. The molecule has 176 valence electrons. The van der Waals surface area contributed by atoms with Crippen molar-refractivity contribution in [3.05, 3.63) is 89.0 Å². The third-order valence-corrected chi connectivity index (χ3v) is 6.13. The minimum absolute atomic E-state index is 0.118. The lowest BCUT2D eigenvalue weighted by Crippen LogP contribution is -2.35. The van der Waals surface area contributed by atoms with Crippen LogP contribution in [0.3, 0.4) is 0 Å². The third-order valence-electron chi connectivity index (χ3n) is 6.13. The molecule has 1 aliphatic heterocycles. The molecule has 1 saturated heterocycles. The van der Waals surface area contributed by atoms with Crippen LogP contribution in [0.15, 0.2) is 71.7 Å². The first kappa shape index (κ1) is 23.6. The van der Waals surface area contributed by atoms with Crippen molar-refractivity contribution < 1.29 is 14.3 Å². The summed E-state index contributed by atoms with van der Waals surface area (Å²) < 4.78 is 11.5. The molecule has 5 nitrogen and oxygen atoms in total. The summed E-state index contributed by atoms with van der Waals surface area (Å²) >= 11 is 0. The van der Waals surface area contributed by atoms with E-state index in [1.54, 1.807) is 7.11 Å². The fraction of sp³-hybridized carbons (Fsp3) is 0.310. The number of piperidine rings is 1.